The van der Waals surface area contributed by atoms with Crippen LogP contribution in [-0.4, -0.2) is 16.8 Å². The molecule has 1 radical (unpaired) electrons. The molecule has 0 spiro atoms. The van der Waals surface area contributed by atoms with Gasteiger partial charge in [-0.15, -0.1) is 0 Å². The molecule has 0 amide bonds. The summed E-state index contributed by atoms with van der Waals surface area (Å²) >= 11 is 0. The second-order valence-electron chi connectivity index (χ2n) is 2.36. The van der Waals surface area contributed by atoms with E-state index in [2.05, 4.69) is 4.89 Å². The van der Waals surface area contributed by atoms with E-state index in [0.717, 1.165) is 0 Å². The monoisotopic (exact) mass is 119 g/mol. The fourth-order valence-electron chi connectivity index (χ4n) is 0.0696. The van der Waals surface area contributed by atoms with Crippen LogP contribution in [0.3, 0.4) is 0 Å². The van der Waals surface area contributed by atoms with Gasteiger partial charge in [0, 0.05) is 0 Å². The van der Waals surface area contributed by atoms with Crippen LogP contribution in [0.4, 0.5) is 0 Å². The van der Waals surface area contributed by atoms with E-state index in [1.807, 2.05) is 0 Å². The lowest BCUT2D eigenvalue weighted by Gasteiger charge is -2.21. The molecule has 0 bridgehead atoms. The summed E-state index contributed by atoms with van der Waals surface area (Å²) in [5.41, 5.74) is -0.958. The Morgan fingerprint density at radius 2 is 2.00 bits per heavy atom. The minimum atomic E-state index is -0.958. The Labute approximate surface area is 48.8 Å². The van der Waals surface area contributed by atoms with Gasteiger partial charge in [-0.2, -0.15) is 4.89 Å². The molecule has 1 unspecified atom stereocenters. The summed E-state index contributed by atoms with van der Waals surface area (Å²) in [7, 11) is 0. The minimum absolute atomic E-state index is 0.722. The maximum Gasteiger partial charge on any atom is 0.127 e. The van der Waals surface area contributed by atoms with Crippen LogP contribution in [0.1, 0.15) is 20.8 Å². The molecule has 3 heteroatoms. The van der Waals surface area contributed by atoms with Gasteiger partial charge in [0.2, 0.25) is 0 Å². The lowest BCUT2D eigenvalue weighted by Crippen LogP contribution is -2.35. The third-order valence-corrected chi connectivity index (χ3v) is 1.22. The lowest BCUT2D eigenvalue weighted by atomic mass is 10.0. The second kappa shape index (κ2) is 2.44. The smallest absolute Gasteiger partial charge is 0.127 e. The predicted molar refractivity (Wildman–Crippen MR) is 27.5 cm³/mol. The van der Waals surface area contributed by atoms with Crippen molar-refractivity contribution in [2.75, 3.05) is 0 Å². The molecule has 0 saturated heterocycles. The van der Waals surface area contributed by atoms with Crippen LogP contribution < -0.4 is 0 Å². The molecular formula is C5H11O3. The molecule has 3 nitrogen and oxygen atoms in total. The van der Waals surface area contributed by atoms with Crippen molar-refractivity contribution in [1.82, 2.24) is 0 Å². The number of hydrogen-bond donors (Lipinski definition) is 1. The second-order valence-corrected chi connectivity index (χ2v) is 2.36. The molecule has 0 rings (SSSR count). The van der Waals surface area contributed by atoms with Crippen molar-refractivity contribution in [3.05, 3.63) is 0 Å². The molecule has 0 saturated carbocycles. The Bertz CT molecular complexity index is 68.1. The number of rotatable bonds is 2. The van der Waals surface area contributed by atoms with Gasteiger partial charge < -0.3 is 5.11 Å². The normalized spacial score (nSPS) is 16.1. The third kappa shape index (κ3) is 1.78. The topological polar surface area (TPSA) is 49.4 Å². The first kappa shape index (κ1) is 7.88. The molecule has 0 aromatic heterocycles. The van der Waals surface area contributed by atoms with Crippen molar-refractivity contribution in [2.24, 2.45) is 0 Å². The van der Waals surface area contributed by atoms with E-state index in [1.165, 1.54) is 20.8 Å². The Hall–Kier alpha value is -0.120. The Kier molecular flexibility index (Phi) is 2.40. The average Bonchev–Trinajstić information content (AvgIpc) is 1.67. The van der Waals surface area contributed by atoms with Gasteiger partial charge in [0.25, 0.3) is 0 Å². The molecule has 0 aliphatic carbocycles. The highest BCUT2D eigenvalue weighted by Crippen LogP contribution is 2.11. The van der Waals surface area contributed by atoms with Crippen LogP contribution in [0.2, 0.25) is 0 Å². The summed E-state index contributed by atoms with van der Waals surface area (Å²) < 4.78 is 0. The highest BCUT2D eigenvalue weighted by Gasteiger charge is 2.25. The van der Waals surface area contributed by atoms with Crippen LogP contribution in [0, 0.1) is 0 Å². The van der Waals surface area contributed by atoms with E-state index in [0.29, 0.717) is 0 Å². The van der Waals surface area contributed by atoms with Crippen LogP contribution in [-0.2, 0) is 10.1 Å². The molecule has 1 N–H and O–H groups in total. The number of aliphatic hydroxyl groups is 1. The molecule has 0 heterocycles. The largest absolute Gasteiger partial charge is 0.390 e. The van der Waals surface area contributed by atoms with Gasteiger partial charge in [-0.3, -0.25) is 0 Å². The molecule has 1 atom stereocenters. The summed E-state index contributed by atoms with van der Waals surface area (Å²) in [6.45, 7) is 4.58. The standard InChI is InChI=1S/C5H11O3/c1-4(6)5(2,3)8-7/h4,6H,1-3H3. The summed E-state index contributed by atoms with van der Waals surface area (Å²) in [5, 5.41) is 18.5. The highest BCUT2D eigenvalue weighted by atomic mass is 17.1. The van der Waals surface area contributed by atoms with Gasteiger partial charge in [-0.25, -0.2) is 0 Å². The zero-order valence-corrected chi connectivity index (χ0v) is 5.34. The van der Waals surface area contributed by atoms with E-state index in [-0.39, 0.29) is 0 Å². The Balaban J connectivity index is 3.71. The van der Waals surface area contributed by atoms with Gasteiger partial charge in [0.05, 0.1) is 6.10 Å². The first-order valence-electron chi connectivity index (χ1n) is 2.50. The van der Waals surface area contributed by atoms with Crippen molar-refractivity contribution >= 4 is 0 Å². The average molecular weight is 119 g/mol. The Morgan fingerprint density at radius 1 is 1.62 bits per heavy atom. The molecule has 8 heavy (non-hydrogen) atoms. The van der Waals surface area contributed by atoms with Crippen LogP contribution >= 0.6 is 0 Å². The summed E-state index contributed by atoms with van der Waals surface area (Å²) in [6, 6.07) is 0. The van der Waals surface area contributed by atoms with Crippen LogP contribution in [0.25, 0.3) is 0 Å². The minimum Gasteiger partial charge on any atom is -0.390 e. The van der Waals surface area contributed by atoms with Crippen molar-refractivity contribution in [1.29, 1.82) is 0 Å². The van der Waals surface area contributed by atoms with Crippen molar-refractivity contribution in [3.8, 4) is 0 Å². The SMILES string of the molecule is CC(O)C(C)(C)O[O]. The number of aliphatic hydroxyl groups excluding tert-OH is 1. The van der Waals surface area contributed by atoms with E-state index in [1.54, 1.807) is 0 Å². The zero-order valence-electron chi connectivity index (χ0n) is 5.34. The van der Waals surface area contributed by atoms with Gasteiger partial charge in [0.1, 0.15) is 5.60 Å². The van der Waals surface area contributed by atoms with Crippen molar-refractivity contribution in [2.45, 2.75) is 32.5 Å². The summed E-state index contributed by atoms with van der Waals surface area (Å²) in [5.74, 6) is 0. The number of hydrogen-bond acceptors (Lipinski definition) is 2. The fraction of sp³-hybridized carbons (Fsp3) is 1.00. The molecule has 0 aromatic carbocycles. The van der Waals surface area contributed by atoms with Gasteiger partial charge in [0.15, 0.2) is 0 Å². The summed E-state index contributed by atoms with van der Waals surface area (Å²) in [6.07, 6.45) is -0.722. The zero-order chi connectivity index (χ0) is 6.78. The third-order valence-electron chi connectivity index (χ3n) is 1.22. The maximum atomic E-state index is 9.73. The van der Waals surface area contributed by atoms with Crippen molar-refractivity contribution < 1.29 is 15.3 Å². The molecule has 0 aliphatic heterocycles. The molecule has 0 aromatic rings. The first-order valence-corrected chi connectivity index (χ1v) is 2.50. The molecule has 49 valence electrons. The predicted octanol–water partition coefficient (Wildman–Crippen LogP) is 0.508. The van der Waals surface area contributed by atoms with Crippen LogP contribution in [0.5, 0.6) is 0 Å². The van der Waals surface area contributed by atoms with Gasteiger partial charge >= 0.3 is 0 Å². The van der Waals surface area contributed by atoms with Gasteiger partial charge in [-0.1, -0.05) is 0 Å². The maximum absolute atomic E-state index is 9.73. The fourth-order valence-corrected chi connectivity index (χ4v) is 0.0696. The Morgan fingerprint density at radius 3 is 2.00 bits per heavy atom. The van der Waals surface area contributed by atoms with E-state index in [4.69, 9.17) is 5.11 Å². The van der Waals surface area contributed by atoms with E-state index >= 15 is 0 Å². The quantitative estimate of drug-likeness (QED) is 0.425. The van der Waals surface area contributed by atoms with Crippen LogP contribution in [0.15, 0.2) is 0 Å². The van der Waals surface area contributed by atoms with Gasteiger partial charge in [-0.05, 0) is 26.0 Å². The summed E-state index contributed by atoms with van der Waals surface area (Å²) in [4.78, 5) is 3.70. The molecule has 0 fully saturated rings. The lowest BCUT2D eigenvalue weighted by molar-refractivity contribution is -0.379. The van der Waals surface area contributed by atoms with Crippen molar-refractivity contribution in [3.63, 3.8) is 0 Å². The van der Waals surface area contributed by atoms with E-state index in [9.17, 15) is 5.26 Å². The first-order chi connectivity index (χ1) is 3.50. The molecule has 0 aliphatic rings. The highest BCUT2D eigenvalue weighted by molar-refractivity contribution is 4.72. The molecular weight excluding hydrogens is 108 g/mol. The van der Waals surface area contributed by atoms with E-state index < -0.39 is 11.7 Å².